The zero-order chi connectivity index (χ0) is 29.8. The quantitative estimate of drug-likeness (QED) is 0.236. The molecule has 0 saturated heterocycles. The highest BCUT2D eigenvalue weighted by atomic mass is 16.5. The van der Waals surface area contributed by atoms with Gasteiger partial charge in [-0.05, 0) is 59.7 Å². The number of rotatable bonds is 8. The molecule has 1 amide bonds. The molecule has 0 unspecified atom stereocenters. The lowest BCUT2D eigenvalue weighted by atomic mass is 10.1. The van der Waals surface area contributed by atoms with Crippen LogP contribution in [0.5, 0.6) is 0 Å². The molecule has 6 rings (SSSR count). The van der Waals surface area contributed by atoms with E-state index in [2.05, 4.69) is 10.3 Å². The van der Waals surface area contributed by atoms with Crippen molar-refractivity contribution in [3.63, 3.8) is 0 Å². The number of amides is 1. The van der Waals surface area contributed by atoms with E-state index >= 15 is 0 Å². The first kappa shape index (κ1) is 27.3. The molecular weight excluding hydrogens is 540 g/mol. The fraction of sp³-hybridized carbons (Fsp3) is 0.0882. The molecule has 9 nitrogen and oxygen atoms in total. The van der Waals surface area contributed by atoms with E-state index in [0.717, 1.165) is 28.0 Å². The van der Waals surface area contributed by atoms with Crippen LogP contribution in [-0.4, -0.2) is 38.5 Å². The first-order valence-corrected chi connectivity index (χ1v) is 13.7. The number of carbonyl (C=O) groups excluding carboxylic acids is 2. The van der Waals surface area contributed by atoms with Crippen LogP contribution < -0.4 is 11.1 Å². The molecule has 3 aromatic heterocycles. The van der Waals surface area contributed by atoms with Crippen molar-refractivity contribution in [3.8, 4) is 28.3 Å². The number of esters is 1. The minimum Gasteiger partial charge on any atom is -0.469 e. The Hall–Kier alpha value is -5.83. The van der Waals surface area contributed by atoms with Crippen LogP contribution in [0.3, 0.4) is 0 Å². The molecule has 3 aromatic carbocycles. The molecule has 0 atom stereocenters. The molecule has 3 N–H and O–H groups in total. The van der Waals surface area contributed by atoms with E-state index in [1.807, 2.05) is 83.4 Å². The predicted molar refractivity (Wildman–Crippen MR) is 165 cm³/mol. The highest BCUT2D eigenvalue weighted by Crippen LogP contribution is 2.31. The summed E-state index contributed by atoms with van der Waals surface area (Å²) in [5.41, 5.74) is 13.2. The third-order valence-electron chi connectivity index (χ3n) is 7.07. The van der Waals surface area contributed by atoms with Gasteiger partial charge in [-0.2, -0.15) is 0 Å². The smallest absolute Gasteiger partial charge is 0.309 e. The van der Waals surface area contributed by atoms with Gasteiger partial charge in [-0.15, -0.1) is 0 Å². The van der Waals surface area contributed by atoms with Gasteiger partial charge in [0.2, 0.25) is 0 Å². The Balaban J connectivity index is 1.30. The molecule has 0 bridgehead atoms. The second-order valence-corrected chi connectivity index (χ2v) is 9.91. The van der Waals surface area contributed by atoms with E-state index in [4.69, 9.17) is 20.4 Å². The number of aromatic nitrogens is 4. The molecule has 0 saturated carbocycles. The topological polar surface area (TPSA) is 125 Å². The fourth-order valence-corrected chi connectivity index (χ4v) is 4.87. The van der Waals surface area contributed by atoms with Crippen LogP contribution in [0.1, 0.15) is 21.5 Å². The van der Waals surface area contributed by atoms with E-state index in [0.29, 0.717) is 40.5 Å². The van der Waals surface area contributed by atoms with Gasteiger partial charge in [0.15, 0.2) is 11.5 Å². The molecule has 0 radical (unpaired) electrons. The van der Waals surface area contributed by atoms with Crippen molar-refractivity contribution < 1.29 is 14.3 Å². The van der Waals surface area contributed by atoms with Crippen LogP contribution in [0, 0.1) is 0 Å². The lowest BCUT2D eigenvalue weighted by Gasteiger charge is -2.12. The average molecular weight is 569 g/mol. The molecule has 9 heteroatoms. The maximum absolute atomic E-state index is 12.8. The first-order chi connectivity index (χ1) is 21.0. The molecular formula is C34H28N6O3. The summed E-state index contributed by atoms with van der Waals surface area (Å²) in [5.74, 6) is 0.413. The molecule has 0 fully saturated rings. The van der Waals surface area contributed by atoms with E-state index in [1.54, 1.807) is 30.5 Å². The van der Waals surface area contributed by atoms with Crippen molar-refractivity contribution in [2.24, 2.45) is 0 Å². The van der Waals surface area contributed by atoms with E-state index in [1.165, 1.54) is 7.11 Å². The Morgan fingerprint density at radius 2 is 1.67 bits per heavy atom. The van der Waals surface area contributed by atoms with Gasteiger partial charge in [0.25, 0.3) is 5.91 Å². The van der Waals surface area contributed by atoms with Crippen molar-refractivity contribution in [1.82, 2.24) is 24.8 Å². The van der Waals surface area contributed by atoms with Crippen LogP contribution >= 0.6 is 0 Å². The monoisotopic (exact) mass is 568 g/mol. The third kappa shape index (κ3) is 5.82. The van der Waals surface area contributed by atoms with Gasteiger partial charge in [0.05, 0.1) is 24.8 Å². The number of ether oxygens (including phenoxy) is 1. The second-order valence-electron chi connectivity index (χ2n) is 9.91. The lowest BCUT2D eigenvalue weighted by Crippen LogP contribution is -2.23. The second kappa shape index (κ2) is 12.0. The number of nitrogens with one attached hydrogen (secondary N) is 1. The summed E-state index contributed by atoms with van der Waals surface area (Å²) in [4.78, 5) is 38.6. The van der Waals surface area contributed by atoms with E-state index in [-0.39, 0.29) is 18.3 Å². The number of imidazole rings is 1. The van der Waals surface area contributed by atoms with Gasteiger partial charge in [-0.1, -0.05) is 54.6 Å². The summed E-state index contributed by atoms with van der Waals surface area (Å²) < 4.78 is 6.70. The maximum atomic E-state index is 12.8. The van der Waals surface area contributed by atoms with Gasteiger partial charge in [0.1, 0.15) is 11.3 Å². The van der Waals surface area contributed by atoms with Gasteiger partial charge in [-0.25, -0.2) is 15.0 Å². The number of methoxy groups -OCH3 is 1. The Morgan fingerprint density at radius 3 is 2.44 bits per heavy atom. The van der Waals surface area contributed by atoms with Crippen LogP contribution in [-0.2, 0) is 22.5 Å². The molecule has 0 aliphatic heterocycles. The minimum absolute atomic E-state index is 0.108. The Kier molecular flexibility index (Phi) is 7.60. The largest absolute Gasteiger partial charge is 0.469 e. The highest BCUT2D eigenvalue weighted by Gasteiger charge is 2.19. The molecule has 212 valence electrons. The van der Waals surface area contributed by atoms with Crippen LogP contribution in [0.2, 0.25) is 0 Å². The summed E-state index contributed by atoms with van der Waals surface area (Å²) in [5, 5.41) is 2.95. The summed E-state index contributed by atoms with van der Waals surface area (Å²) in [7, 11) is 1.34. The molecule has 6 aromatic rings. The maximum Gasteiger partial charge on any atom is 0.309 e. The van der Waals surface area contributed by atoms with Crippen molar-refractivity contribution in [1.29, 1.82) is 0 Å². The lowest BCUT2D eigenvalue weighted by molar-refractivity contribution is -0.139. The number of nitrogen functional groups attached to an aromatic ring is 1. The summed E-state index contributed by atoms with van der Waals surface area (Å²) in [6, 6.07) is 32.4. The minimum atomic E-state index is -0.357. The van der Waals surface area contributed by atoms with Crippen LogP contribution in [0.25, 0.3) is 39.5 Å². The number of nitrogens with two attached hydrogens (primary N) is 1. The molecule has 43 heavy (non-hydrogen) atoms. The zero-order valence-electron chi connectivity index (χ0n) is 23.4. The zero-order valence-corrected chi connectivity index (χ0v) is 23.4. The SMILES string of the molecule is COC(=O)Cc1cccc(C(=O)NCc2ccc(-n3c(-c4cccnc4N)nc4ccc(-c5ccccc5)nc43)cc2)c1. The summed E-state index contributed by atoms with van der Waals surface area (Å²) in [6.45, 7) is 0.323. The predicted octanol–water partition coefficient (Wildman–Crippen LogP) is 5.38. The number of hydrogen-bond donors (Lipinski definition) is 2. The molecule has 0 spiro atoms. The fourth-order valence-electron chi connectivity index (χ4n) is 4.87. The normalized spacial score (nSPS) is 10.9. The first-order valence-electron chi connectivity index (χ1n) is 13.7. The van der Waals surface area contributed by atoms with Crippen LogP contribution in [0.15, 0.2) is 109 Å². The number of nitrogens with zero attached hydrogens (tertiary/aromatic N) is 4. The van der Waals surface area contributed by atoms with Crippen molar-refractivity contribution in [3.05, 3.63) is 126 Å². The van der Waals surface area contributed by atoms with Crippen molar-refractivity contribution in [2.75, 3.05) is 12.8 Å². The standard InChI is InChI=1S/C34H28N6O3/c1-43-30(41)20-23-7-5-10-25(19-23)34(42)37-21-22-12-14-26(15-13-22)40-32(27-11-6-18-36-31(27)35)39-29-17-16-28(38-33(29)40)24-8-3-2-4-9-24/h2-19H,20-21H2,1H3,(H2,35,36)(H,37,42). The molecule has 3 heterocycles. The Bertz CT molecular complexity index is 1930. The number of fused-ring (bicyclic) bond motifs is 1. The van der Waals surface area contributed by atoms with Gasteiger partial charge in [-0.3, -0.25) is 14.2 Å². The Labute approximate surface area is 248 Å². The average Bonchev–Trinajstić information content (AvgIpc) is 3.43. The number of pyridine rings is 2. The van der Waals surface area contributed by atoms with Gasteiger partial charge >= 0.3 is 5.97 Å². The molecule has 0 aliphatic rings. The molecule has 0 aliphatic carbocycles. The van der Waals surface area contributed by atoms with Crippen molar-refractivity contribution >= 4 is 28.9 Å². The number of carbonyl (C=O) groups is 2. The number of anilines is 1. The summed E-state index contributed by atoms with van der Waals surface area (Å²) >= 11 is 0. The van der Waals surface area contributed by atoms with E-state index < -0.39 is 0 Å². The Morgan fingerprint density at radius 1 is 0.860 bits per heavy atom. The third-order valence-corrected chi connectivity index (χ3v) is 7.07. The van der Waals surface area contributed by atoms with Gasteiger partial charge < -0.3 is 15.8 Å². The summed E-state index contributed by atoms with van der Waals surface area (Å²) in [6.07, 6.45) is 1.76. The van der Waals surface area contributed by atoms with E-state index in [9.17, 15) is 9.59 Å². The highest BCUT2D eigenvalue weighted by molar-refractivity contribution is 5.94. The number of benzene rings is 3. The van der Waals surface area contributed by atoms with Gasteiger partial charge in [0, 0.05) is 29.6 Å². The van der Waals surface area contributed by atoms with Crippen molar-refractivity contribution in [2.45, 2.75) is 13.0 Å². The van der Waals surface area contributed by atoms with Crippen LogP contribution in [0.4, 0.5) is 5.82 Å². The number of hydrogen-bond acceptors (Lipinski definition) is 7.